The van der Waals surface area contributed by atoms with Gasteiger partial charge >= 0.3 is 0 Å². The molecule has 4 heteroatoms. The van der Waals surface area contributed by atoms with Gasteiger partial charge in [0.2, 0.25) is 0 Å². The van der Waals surface area contributed by atoms with Gasteiger partial charge < -0.3 is 5.32 Å². The van der Waals surface area contributed by atoms with Gasteiger partial charge in [-0.1, -0.05) is 49.0 Å². The van der Waals surface area contributed by atoms with E-state index < -0.39 is 0 Å². The minimum absolute atomic E-state index is 0.431. The fourth-order valence-corrected chi connectivity index (χ4v) is 3.76. The Balaban J connectivity index is 1.80. The van der Waals surface area contributed by atoms with Gasteiger partial charge in [0.1, 0.15) is 0 Å². The second kappa shape index (κ2) is 7.85. The van der Waals surface area contributed by atoms with E-state index in [1.165, 1.54) is 11.3 Å². The lowest BCUT2D eigenvalue weighted by Gasteiger charge is -2.13. The van der Waals surface area contributed by atoms with Crippen molar-refractivity contribution in [2.75, 3.05) is 17.3 Å². The third kappa shape index (κ3) is 5.11. The summed E-state index contributed by atoms with van der Waals surface area (Å²) in [5.41, 5.74) is 1.38. The predicted octanol–water partition coefficient (Wildman–Crippen LogP) is 3.43. The lowest BCUT2D eigenvalue weighted by molar-refractivity contribution is 0.727. The maximum absolute atomic E-state index is 4.79. The highest BCUT2D eigenvalue weighted by atomic mass is 32.2. The van der Waals surface area contributed by atoms with E-state index in [0.29, 0.717) is 12.1 Å². The standard InChI is InChI=1S/C15H22N2S2/c1-3-18-10-12(2)16-15-17-14(11-19-15)9-13-7-5-4-6-8-13/h4-8,12,14H,3,9-11H2,1-2H3,(H,16,17). The number of hydrogen-bond donors (Lipinski definition) is 1. The topological polar surface area (TPSA) is 24.4 Å². The third-order valence-corrected chi connectivity index (χ3v) is 5.16. The van der Waals surface area contributed by atoms with Crippen LogP contribution in [-0.4, -0.2) is 34.5 Å². The van der Waals surface area contributed by atoms with Crippen LogP contribution in [0, 0.1) is 0 Å². The predicted molar refractivity (Wildman–Crippen MR) is 89.4 cm³/mol. The summed E-state index contributed by atoms with van der Waals surface area (Å²) in [6.07, 6.45) is 1.05. The Morgan fingerprint density at radius 2 is 2.21 bits per heavy atom. The van der Waals surface area contributed by atoms with Crippen LogP contribution in [-0.2, 0) is 6.42 Å². The fourth-order valence-electron chi connectivity index (χ4n) is 2.03. The minimum atomic E-state index is 0.431. The molecule has 0 saturated carbocycles. The number of nitrogens with zero attached hydrogens (tertiary/aromatic N) is 1. The summed E-state index contributed by atoms with van der Waals surface area (Å²) in [6, 6.07) is 11.6. The summed E-state index contributed by atoms with van der Waals surface area (Å²) in [5, 5.41) is 4.65. The van der Waals surface area contributed by atoms with Crippen molar-refractivity contribution in [1.29, 1.82) is 0 Å². The monoisotopic (exact) mass is 294 g/mol. The SMILES string of the molecule is CCSCC(C)NC1=NC(Cc2ccccc2)CS1. The van der Waals surface area contributed by atoms with Crippen LogP contribution in [0.1, 0.15) is 19.4 Å². The highest BCUT2D eigenvalue weighted by Gasteiger charge is 2.19. The average molecular weight is 294 g/mol. The molecule has 0 spiro atoms. The summed E-state index contributed by atoms with van der Waals surface area (Å²) in [7, 11) is 0. The highest BCUT2D eigenvalue weighted by Crippen LogP contribution is 2.20. The summed E-state index contributed by atoms with van der Waals surface area (Å²) in [5.74, 6) is 3.44. The molecule has 1 N–H and O–H groups in total. The maximum Gasteiger partial charge on any atom is 0.157 e. The van der Waals surface area contributed by atoms with Crippen molar-refractivity contribution >= 4 is 28.7 Å². The Bertz CT molecular complexity index is 406. The molecule has 0 aliphatic carbocycles. The molecule has 2 atom stereocenters. The normalized spacial score (nSPS) is 20.1. The quantitative estimate of drug-likeness (QED) is 0.870. The molecule has 2 unspecified atom stereocenters. The van der Waals surface area contributed by atoms with Crippen LogP contribution < -0.4 is 5.32 Å². The van der Waals surface area contributed by atoms with Gasteiger partial charge in [-0.2, -0.15) is 11.8 Å². The molecule has 1 aliphatic heterocycles. The number of rotatable bonds is 6. The van der Waals surface area contributed by atoms with E-state index in [0.717, 1.165) is 23.1 Å². The Morgan fingerprint density at radius 1 is 1.42 bits per heavy atom. The van der Waals surface area contributed by atoms with Crippen LogP contribution in [0.3, 0.4) is 0 Å². The average Bonchev–Trinajstić information content (AvgIpc) is 2.85. The molecule has 0 radical (unpaired) electrons. The van der Waals surface area contributed by atoms with E-state index >= 15 is 0 Å². The van der Waals surface area contributed by atoms with Crippen LogP contribution in [0.4, 0.5) is 0 Å². The summed E-state index contributed by atoms with van der Waals surface area (Å²) in [4.78, 5) is 4.79. The maximum atomic E-state index is 4.79. The van der Waals surface area contributed by atoms with Gasteiger partial charge in [0.15, 0.2) is 5.17 Å². The number of amidine groups is 1. The summed E-state index contributed by atoms with van der Waals surface area (Å²) >= 11 is 3.84. The van der Waals surface area contributed by atoms with E-state index in [2.05, 4.69) is 49.5 Å². The Morgan fingerprint density at radius 3 is 2.95 bits per heavy atom. The van der Waals surface area contributed by atoms with Gasteiger partial charge in [-0.05, 0) is 24.7 Å². The number of benzene rings is 1. The second-order valence-electron chi connectivity index (χ2n) is 4.79. The molecule has 0 bridgehead atoms. The molecule has 0 aromatic heterocycles. The molecule has 0 amide bonds. The molecule has 1 heterocycles. The first kappa shape index (κ1) is 14.8. The molecule has 1 aromatic carbocycles. The number of thioether (sulfide) groups is 2. The first-order valence-corrected chi connectivity index (χ1v) is 9.00. The molecule has 0 saturated heterocycles. The largest absolute Gasteiger partial charge is 0.362 e. The number of hydrogen-bond acceptors (Lipinski definition) is 4. The first-order valence-electron chi connectivity index (χ1n) is 6.86. The fraction of sp³-hybridized carbons (Fsp3) is 0.533. The Labute approximate surface area is 124 Å². The zero-order valence-corrected chi connectivity index (χ0v) is 13.3. The molecule has 1 aliphatic rings. The molecule has 2 rings (SSSR count). The molecule has 2 nitrogen and oxygen atoms in total. The van der Waals surface area contributed by atoms with Crippen molar-refractivity contribution in [2.45, 2.75) is 32.4 Å². The third-order valence-electron chi connectivity index (χ3n) is 2.97. The first-order chi connectivity index (χ1) is 9.28. The van der Waals surface area contributed by atoms with E-state index in [1.807, 2.05) is 23.5 Å². The van der Waals surface area contributed by atoms with Gasteiger partial charge in [0, 0.05) is 17.5 Å². The second-order valence-corrected chi connectivity index (χ2v) is 7.12. The molecular formula is C15H22N2S2. The zero-order chi connectivity index (χ0) is 13.5. The number of aliphatic imine (C=N–C) groups is 1. The molecule has 0 fully saturated rings. The lowest BCUT2D eigenvalue weighted by Crippen LogP contribution is -2.31. The summed E-state index contributed by atoms with van der Waals surface area (Å²) < 4.78 is 0. The zero-order valence-electron chi connectivity index (χ0n) is 11.6. The molecular weight excluding hydrogens is 272 g/mol. The van der Waals surface area contributed by atoms with Gasteiger partial charge in [0.05, 0.1) is 6.04 Å². The molecule has 104 valence electrons. The van der Waals surface area contributed by atoms with Gasteiger partial charge in [-0.15, -0.1) is 0 Å². The van der Waals surface area contributed by atoms with E-state index in [-0.39, 0.29) is 0 Å². The van der Waals surface area contributed by atoms with Crippen LogP contribution in [0.15, 0.2) is 35.3 Å². The van der Waals surface area contributed by atoms with Gasteiger partial charge in [-0.25, -0.2) is 0 Å². The smallest absolute Gasteiger partial charge is 0.157 e. The highest BCUT2D eigenvalue weighted by molar-refractivity contribution is 8.14. The van der Waals surface area contributed by atoms with E-state index in [9.17, 15) is 0 Å². The van der Waals surface area contributed by atoms with Crippen molar-refractivity contribution in [3.8, 4) is 0 Å². The van der Waals surface area contributed by atoms with Crippen LogP contribution in [0.2, 0.25) is 0 Å². The van der Waals surface area contributed by atoms with Crippen LogP contribution in [0.25, 0.3) is 0 Å². The Hall–Kier alpha value is -0.610. The van der Waals surface area contributed by atoms with Crippen molar-refractivity contribution in [3.05, 3.63) is 35.9 Å². The van der Waals surface area contributed by atoms with E-state index in [4.69, 9.17) is 4.99 Å². The van der Waals surface area contributed by atoms with Crippen molar-refractivity contribution in [3.63, 3.8) is 0 Å². The Kier molecular flexibility index (Phi) is 6.11. The van der Waals surface area contributed by atoms with Crippen molar-refractivity contribution < 1.29 is 0 Å². The van der Waals surface area contributed by atoms with Gasteiger partial charge in [0.25, 0.3) is 0 Å². The summed E-state index contributed by atoms with van der Waals surface area (Å²) in [6.45, 7) is 4.44. The lowest BCUT2D eigenvalue weighted by atomic mass is 10.1. The number of nitrogens with one attached hydrogen (secondary N) is 1. The van der Waals surface area contributed by atoms with Crippen molar-refractivity contribution in [1.82, 2.24) is 5.32 Å². The van der Waals surface area contributed by atoms with Gasteiger partial charge in [-0.3, -0.25) is 4.99 Å². The van der Waals surface area contributed by atoms with Crippen LogP contribution in [0.5, 0.6) is 0 Å². The van der Waals surface area contributed by atoms with Crippen molar-refractivity contribution in [2.24, 2.45) is 4.99 Å². The minimum Gasteiger partial charge on any atom is -0.362 e. The molecule has 19 heavy (non-hydrogen) atoms. The van der Waals surface area contributed by atoms with E-state index in [1.54, 1.807) is 0 Å². The van der Waals surface area contributed by atoms with Crippen LogP contribution >= 0.6 is 23.5 Å². The molecule has 1 aromatic rings.